The van der Waals surface area contributed by atoms with Gasteiger partial charge in [-0.1, -0.05) is 0 Å². The summed E-state index contributed by atoms with van der Waals surface area (Å²) in [7, 11) is 1.69. The molecule has 3 heteroatoms. The van der Waals surface area contributed by atoms with Gasteiger partial charge in [-0.05, 0) is 0 Å². The number of fused-ring (bicyclic) bond motifs is 1. The predicted molar refractivity (Wildman–Crippen MR) is 74.5 cm³/mol. The van der Waals surface area contributed by atoms with Crippen LogP contribution in [0.4, 0.5) is 0 Å². The second-order valence-corrected chi connectivity index (χ2v) is 6.44. The summed E-state index contributed by atoms with van der Waals surface area (Å²) >= 11 is 0.385. The van der Waals surface area contributed by atoms with Crippen molar-refractivity contribution >= 4 is 24.3 Å². The Kier molecular flexibility index (Phi) is 3.18. The fourth-order valence-electron chi connectivity index (χ4n) is 1.91. The standard InChI is InChI=1S/C15H13NOSe/c1-17-12-8-6-11(7-9-12)10-15-16-13-4-2-3-5-14(13)18-15/h2-9H,10H2,1H3. The molecular weight excluding hydrogens is 289 g/mol. The van der Waals surface area contributed by atoms with Crippen LogP contribution in [0.15, 0.2) is 48.5 Å². The van der Waals surface area contributed by atoms with Crippen LogP contribution in [-0.2, 0) is 6.42 Å². The maximum atomic E-state index is 5.16. The first-order chi connectivity index (χ1) is 8.85. The van der Waals surface area contributed by atoms with Crippen LogP contribution in [0.1, 0.15) is 10.1 Å². The van der Waals surface area contributed by atoms with Crippen molar-refractivity contribution in [3.05, 3.63) is 58.7 Å². The molecule has 0 spiro atoms. The number of methoxy groups -OCH3 is 1. The number of nitrogens with zero attached hydrogens (tertiary/aromatic N) is 1. The van der Waals surface area contributed by atoms with E-state index in [0.29, 0.717) is 14.5 Å². The van der Waals surface area contributed by atoms with Gasteiger partial charge in [0.2, 0.25) is 0 Å². The van der Waals surface area contributed by atoms with Crippen LogP contribution >= 0.6 is 0 Å². The zero-order valence-corrected chi connectivity index (χ0v) is 11.8. The number of hydrogen-bond acceptors (Lipinski definition) is 2. The fourth-order valence-corrected chi connectivity index (χ4v) is 4.01. The quantitative estimate of drug-likeness (QED) is 0.694. The molecular formula is C15H13NOSe. The Balaban J connectivity index is 1.86. The molecule has 0 fully saturated rings. The number of rotatable bonds is 3. The Morgan fingerprint density at radius 1 is 1.06 bits per heavy atom. The van der Waals surface area contributed by atoms with E-state index in [2.05, 4.69) is 36.4 Å². The SMILES string of the molecule is COc1ccc(Cc2nc3ccccc3[se]2)cc1. The monoisotopic (exact) mass is 303 g/mol. The molecule has 0 saturated carbocycles. The second-order valence-electron chi connectivity index (χ2n) is 4.10. The molecule has 0 radical (unpaired) electrons. The zero-order valence-electron chi connectivity index (χ0n) is 10.1. The number of benzene rings is 2. The van der Waals surface area contributed by atoms with Crippen LogP contribution in [0.25, 0.3) is 9.78 Å². The van der Waals surface area contributed by atoms with Crippen LogP contribution in [0.5, 0.6) is 5.75 Å². The number of ether oxygens (including phenoxy) is 1. The van der Waals surface area contributed by atoms with Gasteiger partial charge in [-0.15, -0.1) is 0 Å². The molecule has 0 aliphatic heterocycles. The normalized spacial score (nSPS) is 10.7. The maximum absolute atomic E-state index is 5.16. The van der Waals surface area contributed by atoms with E-state index in [0.717, 1.165) is 17.7 Å². The van der Waals surface area contributed by atoms with Crippen molar-refractivity contribution < 1.29 is 4.74 Å². The molecule has 2 aromatic carbocycles. The van der Waals surface area contributed by atoms with Gasteiger partial charge in [0.1, 0.15) is 0 Å². The van der Waals surface area contributed by atoms with Crippen molar-refractivity contribution in [1.29, 1.82) is 0 Å². The van der Waals surface area contributed by atoms with Crippen molar-refractivity contribution in [3.63, 3.8) is 0 Å². The summed E-state index contributed by atoms with van der Waals surface area (Å²) < 4.78 is 7.86. The third-order valence-corrected chi connectivity index (χ3v) is 5.03. The second kappa shape index (κ2) is 4.97. The average molecular weight is 302 g/mol. The molecule has 0 amide bonds. The Morgan fingerprint density at radius 2 is 1.83 bits per heavy atom. The molecule has 2 nitrogen and oxygen atoms in total. The van der Waals surface area contributed by atoms with E-state index in [1.54, 1.807) is 7.11 Å². The molecule has 0 atom stereocenters. The molecule has 0 aliphatic rings. The molecule has 1 heterocycles. The van der Waals surface area contributed by atoms with Gasteiger partial charge in [0.25, 0.3) is 0 Å². The fraction of sp³-hybridized carbons (Fsp3) is 0.133. The van der Waals surface area contributed by atoms with Gasteiger partial charge >= 0.3 is 112 Å². The molecule has 18 heavy (non-hydrogen) atoms. The Labute approximate surface area is 112 Å². The zero-order chi connectivity index (χ0) is 12.4. The molecule has 90 valence electrons. The Hall–Kier alpha value is -1.57. The van der Waals surface area contributed by atoms with Gasteiger partial charge in [0, 0.05) is 0 Å². The average Bonchev–Trinajstić information content (AvgIpc) is 2.82. The summed E-state index contributed by atoms with van der Waals surface area (Å²) in [5, 5.41) is 0. The number of aromatic nitrogens is 1. The molecule has 0 aliphatic carbocycles. The summed E-state index contributed by atoms with van der Waals surface area (Å²) in [6, 6.07) is 16.6. The van der Waals surface area contributed by atoms with Crippen molar-refractivity contribution in [2.45, 2.75) is 6.42 Å². The predicted octanol–water partition coefficient (Wildman–Crippen LogP) is 2.89. The van der Waals surface area contributed by atoms with Crippen molar-refractivity contribution in [3.8, 4) is 5.75 Å². The summed E-state index contributed by atoms with van der Waals surface area (Å²) in [5.74, 6) is 0.904. The third kappa shape index (κ3) is 2.33. The molecule has 0 bridgehead atoms. The van der Waals surface area contributed by atoms with E-state index in [1.165, 1.54) is 14.4 Å². The molecule has 0 N–H and O–H groups in total. The first-order valence-electron chi connectivity index (χ1n) is 5.82. The minimum absolute atomic E-state index is 0.385. The van der Waals surface area contributed by atoms with Crippen LogP contribution < -0.4 is 4.74 Å². The van der Waals surface area contributed by atoms with E-state index in [9.17, 15) is 0 Å². The summed E-state index contributed by atoms with van der Waals surface area (Å²) in [4.78, 5) is 4.70. The van der Waals surface area contributed by atoms with Crippen LogP contribution in [0.2, 0.25) is 0 Å². The van der Waals surface area contributed by atoms with E-state index in [4.69, 9.17) is 9.72 Å². The van der Waals surface area contributed by atoms with Gasteiger partial charge in [0.15, 0.2) is 0 Å². The van der Waals surface area contributed by atoms with E-state index < -0.39 is 0 Å². The van der Waals surface area contributed by atoms with Crippen LogP contribution in [-0.4, -0.2) is 26.6 Å². The first kappa shape index (κ1) is 11.5. The van der Waals surface area contributed by atoms with Crippen molar-refractivity contribution in [2.75, 3.05) is 7.11 Å². The van der Waals surface area contributed by atoms with E-state index in [1.807, 2.05) is 12.1 Å². The van der Waals surface area contributed by atoms with Gasteiger partial charge < -0.3 is 0 Å². The van der Waals surface area contributed by atoms with Crippen molar-refractivity contribution in [1.82, 2.24) is 4.98 Å². The van der Waals surface area contributed by atoms with Gasteiger partial charge in [-0.2, -0.15) is 0 Å². The number of hydrogen-bond donors (Lipinski definition) is 0. The van der Waals surface area contributed by atoms with E-state index in [-0.39, 0.29) is 0 Å². The molecule has 0 unspecified atom stereocenters. The summed E-state index contributed by atoms with van der Waals surface area (Å²) in [6.45, 7) is 0. The Bertz CT molecular complexity index is 625. The first-order valence-corrected chi connectivity index (χ1v) is 7.54. The van der Waals surface area contributed by atoms with Crippen LogP contribution in [0, 0.1) is 0 Å². The van der Waals surface area contributed by atoms with Crippen LogP contribution in [0.3, 0.4) is 0 Å². The van der Waals surface area contributed by atoms with Gasteiger partial charge in [0.05, 0.1) is 0 Å². The summed E-state index contributed by atoms with van der Waals surface area (Å²) in [5.41, 5.74) is 2.45. The molecule has 3 rings (SSSR count). The molecule has 3 aromatic rings. The number of para-hydroxylation sites is 1. The minimum atomic E-state index is 0.385. The molecule has 1 aromatic heterocycles. The van der Waals surface area contributed by atoms with Gasteiger partial charge in [-0.3, -0.25) is 0 Å². The van der Waals surface area contributed by atoms with Crippen molar-refractivity contribution in [2.24, 2.45) is 0 Å². The Morgan fingerprint density at radius 3 is 2.56 bits per heavy atom. The van der Waals surface area contributed by atoms with Gasteiger partial charge in [-0.25, -0.2) is 0 Å². The van der Waals surface area contributed by atoms with E-state index >= 15 is 0 Å². The molecule has 0 saturated heterocycles. The third-order valence-electron chi connectivity index (χ3n) is 2.85. The summed E-state index contributed by atoms with van der Waals surface area (Å²) in [6.07, 6.45) is 0.943. The topological polar surface area (TPSA) is 22.1 Å².